The molecule has 1 N–H and O–H groups in total. The highest BCUT2D eigenvalue weighted by atomic mass is 19.1. The number of methoxy groups -OCH3 is 2. The molecular formula is C31H49FN2O5. The Labute approximate surface area is 234 Å². The fourth-order valence-corrected chi connectivity index (χ4v) is 4.59. The molecule has 0 saturated carbocycles. The smallest absolute Gasteiger partial charge is 0.300 e. The Kier molecular flexibility index (Phi) is 16.0. The number of carboxylic acids is 1. The molecule has 0 unspecified atom stereocenters. The van der Waals surface area contributed by atoms with Gasteiger partial charge in [-0.1, -0.05) is 34.6 Å². The molecule has 0 radical (unpaired) electrons. The fourth-order valence-electron chi connectivity index (χ4n) is 4.59. The number of anilines is 2. The molecule has 2 heterocycles. The van der Waals surface area contributed by atoms with Crippen LogP contribution in [0.4, 0.5) is 15.8 Å². The van der Waals surface area contributed by atoms with E-state index in [1.807, 2.05) is 40.7 Å². The van der Waals surface area contributed by atoms with Crippen molar-refractivity contribution in [3.8, 4) is 11.5 Å². The van der Waals surface area contributed by atoms with E-state index in [4.69, 9.17) is 24.1 Å². The quantitative estimate of drug-likeness (QED) is 0.407. The lowest BCUT2D eigenvalue weighted by Gasteiger charge is -2.34. The molecule has 7 nitrogen and oxygen atoms in total. The van der Waals surface area contributed by atoms with Gasteiger partial charge in [-0.3, -0.25) is 4.79 Å². The molecule has 220 valence electrons. The molecule has 8 heteroatoms. The molecule has 2 saturated heterocycles. The summed E-state index contributed by atoms with van der Waals surface area (Å²) >= 11 is 0. The van der Waals surface area contributed by atoms with Crippen LogP contribution < -0.4 is 19.3 Å². The number of carbonyl (C=O) groups is 1. The number of hydrogen-bond donors (Lipinski definition) is 1. The molecule has 0 bridgehead atoms. The molecule has 2 fully saturated rings. The Morgan fingerprint density at radius 2 is 1.49 bits per heavy atom. The van der Waals surface area contributed by atoms with Crippen molar-refractivity contribution >= 4 is 17.3 Å². The Morgan fingerprint density at radius 3 is 1.97 bits per heavy atom. The summed E-state index contributed by atoms with van der Waals surface area (Å²) in [6, 6.07) is 11.8. The predicted octanol–water partition coefficient (Wildman–Crippen LogP) is 6.81. The maximum atomic E-state index is 14.7. The van der Waals surface area contributed by atoms with Gasteiger partial charge < -0.3 is 29.1 Å². The van der Waals surface area contributed by atoms with Crippen molar-refractivity contribution in [2.45, 2.75) is 79.4 Å². The maximum absolute atomic E-state index is 14.7. The second-order valence-electron chi connectivity index (χ2n) is 8.88. The molecule has 0 aromatic heterocycles. The third-order valence-electron chi connectivity index (χ3n) is 6.50. The lowest BCUT2D eigenvalue weighted by molar-refractivity contribution is -0.134. The molecular weight excluding hydrogens is 499 g/mol. The van der Waals surface area contributed by atoms with Gasteiger partial charge in [-0.2, -0.15) is 0 Å². The number of hydrogen-bond acceptors (Lipinski definition) is 6. The third-order valence-corrected chi connectivity index (χ3v) is 6.50. The molecule has 4 rings (SSSR count). The topological polar surface area (TPSA) is 71.5 Å². The minimum absolute atomic E-state index is 0.145. The summed E-state index contributed by atoms with van der Waals surface area (Å²) in [6.45, 7) is 14.6. The Morgan fingerprint density at radius 1 is 0.949 bits per heavy atom. The van der Waals surface area contributed by atoms with E-state index < -0.39 is 5.97 Å². The molecule has 0 amide bonds. The first-order chi connectivity index (χ1) is 18.8. The third kappa shape index (κ3) is 10.6. The lowest BCUT2D eigenvalue weighted by Crippen LogP contribution is -2.38. The first-order valence-electron chi connectivity index (χ1n) is 14.2. The van der Waals surface area contributed by atoms with Gasteiger partial charge in [0, 0.05) is 64.8 Å². The highest BCUT2D eigenvalue weighted by Gasteiger charge is 2.25. The van der Waals surface area contributed by atoms with Crippen LogP contribution in [-0.4, -0.2) is 63.7 Å². The minimum atomic E-state index is -0.833. The van der Waals surface area contributed by atoms with Crippen molar-refractivity contribution in [3.05, 3.63) is 47.8 Å². The van der Waals surface area contributed by atoms with E-state index in [0.29, 0.717) is 11.8 Å². The van der Waals surface area contributed by atoms with E-state index in [9.17, 15) is 4.39 Å². The average molecular weight is 549 g/mol. The van der Waals surface area contributed by atoms with Crippen molar-refractivity contribution in [1.82, 2.24) is 0 Å². The molecule has 2 aliphatic heterocycles. The molecule has 2 aromatic carbocycles. The monoisotopic (exact) mass is 548 g/mol. The zero-order valence-electron chi connectivity index (χ0n) is 25.1. The van der Waals surface area contributed by atoms with E-state index in [1.54, 1.807) is 20.3 Å². The van der Waals surface area contributed by atoms with Crippen molar-refractivity contribution in [2.24, 2.45) is 0 Å². The van der Waals surface area contributed by atoms with Crippen molar-refractivity contribution in [1.29, 1.82) is 0 Å². The highest BCUT2D eigenvalue weighted by molar-refractivity contribution is 5.63. The second kappa shape index (κ2) is 18.3. The number of aryl methyl sites for hydroxylation is 1. The summed E-state index contributed by atoms with van der Waals surface area (Å²) in [6.07, 6.45) is 4.01. The summed E-state index contributed by atoms with van der Waals surface area (Å²) in [4.78, 5) is 13.4. The number of aliphatic carboxylic acids is 1. The van der Waals surface area contributed by atoms with E-state index in [-0.39, 0.29) is 11.9 Å². The molecule has 1 atom stereocenters. The van der Waals surface area contributed by atoms with Gasteiger partial charge in [0.05, 0.1) is 18.9 Å². The Bertz CT molecular complexity index is 958. The summed E-state index contributed by atoms with van der Waals surface area (Å²) < 4.78 is 31.8. The lowest BCUT2D eigenvalue weighted by atomic mass is 10.0. The Hall–Kier alpha value is -3.00. The van der Waals surface area contributed by atoms with Crippen LogP contribution in [0.3, 0.4) is 0 Å². The summed E-state index contributed by atoms with van der Waals surface area (Å²) in [7, 11) is 3.42. The van der Waals surface area contributed by atoms with Crippen LogP contribution >= 0.6 is 0 Å². The van der Waals surface area contributed by atoms with Crippen LogP contribution in [0.15, 0.2) is 36.4 Å². The van der Waals surface area contributed by atoms with Crippen molar-refractivity contribution < 1.29 is 28.5 Å². The van der Waals surface area contributed by atoms with Crippen LogP contribution in [0.25, 0.3) is 0 Å². The van der Waals surface area contributed by atoms with Gasteiger partial charge in [-0.05, 0) is 48.7 Å². The van der Waals surface area contributed by atoms with E-state index >= 15 is 0 Å². The van der Waals surface area contributed by atoms with E-state index in [1.165, 1.54) is 5.69 Å². The summed E-state index contributed by atoms with van der Waals surface area (Å²) in [5.74, 6) is 0.641. The predicted molar refractivity (Wildman–Crippen MR) is 158 cm³/mol. The first kappa shape index (κ1) is 34.0. The fraction of sp³-hybridized carbons (Fsp3) is 0.581. The van der Waals surface area contributed by atoms with Crippen LogP contribution in [0.1, 0.15) is 66.4 Å². The number of nitrogens with zero attached hydrogens (tertiary/aromatic N) is 2. The van der Waals surface area contributed by atoms with E-state index in [0.717, 1.165) is 75.8 Å². The van der Waals surface area contributed by atoms with Crippen molar-refractivity contribution in [3.63, 3.8) is 0 Å². The van der Waals surface area contributed by atoms with Gasteiger partial charge in [0.2, 0.25) is 0 Å². The van der Waals surface area contributed by atoms with E-state index in [2.05, 4.69) is 34.1 Å². The molecule has 2 aromatic rings. The van der Waals surface area contributed by atoms with Gasteiger partial charge in [0.15, 0.2) is 0 Å². The number of rotatable bonds is 7. The molecule has 39 heavy (non-hydrogen) atoms. The standard InChI is InChI=1S/C25H33FN2O3.C2H4O2.2C2H6/c1-4-18-15-23(26)24(16-25(18)30-3)27-12-9-21(10-13-27)31-20-7-5-19(6-8-20)28-14-11-22(17-28)29-2;1-2(3)4;2*1-2/h5-8,15-16,21-22H,4,9-14,17H2,1-3H3;1H3,(H,3,4);2*1-2H3/t22-;;;/m1.../s1. The Balaban J connectivity index is 0.000000856. The number of carboxylic acid groups (broad SMARTS) is 1. The number of benzene rings is 2. The normalized spacial score (nSPS) is 16.6. The van der Waals surface area contributed by atoms with Crippen LogP contribution in [-0.2, 0) is 16.0 Å². The molecule has 0 aliphatic carbocycles. The average Bonchev–Trinajstić information content (AvgIpc) is 3.45. The number of halogens is 1. The molecule has 0 spiro atoms. The summed E-state index contributed by atoms with van der Waals surface area (Å²) in [5, 5.41) is 7.42. The maximum Gasteiger partial charge on any atom is 0.300 e. The first-order valence-corrected chi connectivity index (χ1v) is 14.2. The van der Waals surface area contributed by atoms with Gasteiger partial charge in [-0.25, -0.2) is 4.39 Å². The van der Waals surface area contributed by atoms with Crippen LogP contribution in [0.5, 0.6) is 11.5 Å². The van der Waals surface area contributed by atoms with Gasteiger partial charge >= 0.3 is 0 Å². The van der Waals surface area contributed by atoms with Gasteiger partial charge in [0.1, 0.15) is 23.4 Å². The van der Waals surface area contributed by atoms with Crippen LogP contribution in [0, 0.1) is 5.82 Å². The zero-order valence-corrected chi connectivity index (χ0v) is 25.1. The SMILES string of the molecule is CC.CC.CC(=O)O.CCc1cc(F)c(N2CCC(Oc3ccc(N4CC[C@@H](OC)C4)cc3)CC2)cc1OC. The largest absolute Gasteiger partial charge is 0.496 e. The van der Waals surface area contributed by atoms with Gasteiger partial charge in [-0.15, -0.1) is 0 Å². The molecule has 2 aliphatic rings. The number of ether oxygens (including phenoxy) is 3. The highest BCUT2D eigenvalue weighted by Crippen LogP contribution is 2.32. The zero-order chi connectivity index (χ0) is 29.4. The van der Waals surface area contributed by atoms with Crippen molar-refractivity contribution in [2.75, 3.05) is 50.2 Å². The number of piperidine rings is 1. The minimum Gasteiger partial charge on any atom is -0.496 e. The van der Waals surface area contributed by atoms with Gasteiger partial charge in [0.25, 0.3) is 5.97 Å². The summed E-state index contributed by atoms with van der Waals surface area (Å²) in [5.41, 5.74) is 2.73. The second-order valence-corrected chi connectivity index (χ2v) is 8.88. The van der Waals surface area contributed by atoms with Crippen LogP contribution in [0.2, 0.25) is 0 Å².